The summed E-state index contributed by atoms with van der Waals surface area (Å²) in [5, 5.41) is 9.20. The van der Waals surface area contributed by atoms with Crippen molar-refractivity contribution in [3.8, 4) is 0 Å². The zero-order valence-electron chi connectivity index (χ0n) is 16.5. The molecule has 0 saturated carbocycles. The van der Waals surface area contributed by atoms with Gasteiger partial charge in [0.15, 0.2) is 5.78 Å². The molecule has 0 bridgehead atoms. The van der Waals surface area contributed by atoms with Crippen LogP contribution in [0.5, 0.6) is 0 Å². The zero-order valence-corrected chi connectivity index (χ0v) is 16.5. The van der Waals surface area contributed by atoms with E-state index in [2.05, 4.69) is 29.8 Å². The largest absolute Gasteiger partial charge is 0.355 e. The van der Waals surface area contributed by atoms with E-state index < -0.39 is 11.5 Å². The number of nitrogens with two attached hydrogens (primary N) is 2. The molecule has 25 heavy (non-hydrogen) atoms. The van der Waals surface area contributed by atoms with Crippen molar-refractivity contribution >= 4 is 11.7 Å². The van der Waals surface area contributed by atoms with Gasteiger partial charge in [0.2, 0.25) is 5.91 Å². The third-order valence-corrected chi connectivity index (χ3v) is 5.16. The molecule has 3 unspecified atom stereocenters. The van der Waals surface area contributed by atoms with E-state index >= 15 is 0 Å². The van der Waals surface area contributed by atoms with Crippen molar-refractivity contribution in [2.75, 3.05) is 39.3 Å². The number of carbonyl (C=O) groups excluding carboxylic acids is 2. The Labute approximate surface area is 153 Å². The van der Waals surface area contributed by atoms with Gasteiger partial charge in [-0.3, -0.25) is 9.59 Å². The van der Waals surface area contributed by atoms with E-state index in [1.807, 2.05) is 13.8 Å². The first-order chi connectivity index (χ1) is 11.8. The number of rotatable bonds is 15. The minimum atomic E-state index is -0.743. The smallest absolute Gasteiger partial charge is 0.222 e. The molecule has 0 rings (SSSR count). The molecule has 3 atom stereocenters. The quantitative estimate of drug-likeness (QED) is 0.263. The highest BCUT2D eigenvalue weighted by Crippen LogP contribution is 2.35. The van der Waals surface area contributed by atoms with E-state index in [9.17, 15) is 9.59 Å². The number of Topliss-reactive ketones (excluding diaryl/α,β-unsaturated/α-hetero) is 1. The first-order valence-corrected chi connectivity index (χ1v) is 9.51. The zero-order chi connectivity index (χ0) is 19.3. The number of hydrogen-bond acceptors (Lipinski definition) is 6. The lowest BCUT2D eigenvalue weighted by molar-refractivity contribution is -0.134. The van der Waals surface area contributed by atoms with Crippen LogP contribution in [0.1, 0.15) is 47.0 Å². The average Bonchev–Trinajstić information content (AvgIpc) is 2.61. The van der Waals surface area contributed by atoms with Gasteiger partial charge in [-0.25, -0.2) is 0 Å². The van der Waals surface area contributed by atoms with Gasteiger partial charge in [-0.2, -0.15) is 0 Å². The summed E-state index contributed by atoms with van der Waals surface area (Å²) >= 11 is 0. The molecule has 0 aliphatic carbocycles. The van der Waals surface area contributed by atoms with Gasteiger partial charge in [0, 0.05) is 51.1 Å². The van der Waals surface area contributed by atoms with E-state index in [-0.39, 0.29) is 24.0 Å². The SMILES string of the molecule is CCC(C)C(C)(CC)C(=O)C(N)CC(=O)NCCNCCNCCN. The Morgan fingerprint density at radius 1 is 1.04 bits per heavy atom. The maximum atomic E-state index is 12.7. The molecule has 7 heteroatoms. The molecule has 0 saturated heterocycles. The Balaban J connectivity index is 4.10. The predicted molar refractivity (Wildman–Crippen MR) is 103 cm³/mol. The molecule has 0 spiro atoms. The van der Waals surface area contributed by atoms with Gasteiger partial charge in [0.25, 0.3) is 0 Å². The fourth-order valence-corrected chi connectivity index (χ4v) is 2.82. The van der Waals surface area contributed by atoms with Gasteiger partial charge < -0.3 is 27.4 Å². The number of ketones is 1. The van der Waals surface area contributed by atoms with E-state index in [0.717, 1.165) is 32.5 Å². The maximum absolute atomic E-state index is 12.7. The van der Waals surface area contributed by atoms with Crippen LogP contribution in [0.25, 0.3) is 0 Å². The van der Waals surface area contributed by atoms with E-state index in [1.54, 1.807) is 0 Å². The predicted octanol–water partition coefficient (Wildman–Crippen LogP) is -0.0106. The Kier molecular flexibility index (Phi) is 12.7. The van der Waals surface area contributed by atoms with Crippen molar-refractivity contribution in [3.05, 3.63) is 0 Å². The standard InChI is InChI=1S/C18H39N5O2/c1-5-14(3)18(4,6-2)17(25)15(20)13-16(24)23-12-11-22-10-9-21-8-7-19/h14-15,21-22H,5-13,19-20H2,1-4H3,(H,23,24). The molecule has 0 aromatic rings. The molecule has 0 aromatic carbocycles. The van der Waals surface area contributed by atoms with Gasteiger partial charge in [-0.1, -0.05) is 34.1 Å². The van der Waals surface area contributed by atoms with Crippen LogP contribution < -0.4 is 27.4 Å². The topological polar surface area (TPSA) is 122 Å². The highest BCUT2D eigenvalue weighted by Gasteiger charge is 2.39. The van der Waals surface area contributed by atoms with Gasteiger partial charge in [0.1, 0.15) is 0 Å². The average molecular weight is 358 g/mol. The summed E-state index contributed by atoms with van der Waals surface area (Å²) in [7, 11) is 0. The molecule has 0 aromatic heterocycles. The minimum Gasteiger partial charge on any atom is -0.355 e. The van der Waals surface area contributed by atoms with Crippen molar-refractivity contribution in [1.29, 1.82) is 0 Å². The Bertz CT molecular complexity index is 392. The first kappa shape index (κ1) is 24.0. The second kappa shape index (κ2) is 13.2. The van der Waals surface area contributed by atoms with Crippen LogP contribution >= 0.6 is 0 Å². The third-order valence-electron chi connectivity index (χ3n) is 5.16. The molecule has 0 radical (unpaired) electrons. The Morgan fingerprint density at radius 3 is 2.12 bits per heavy atom. The molecule has 0 aliphatic heterocycles. The lowest BCUT2D eigenvalue weighted by Gasteiger charge is -2.34. The van der Waals surface area contributed by atoms with Crippen LogP contribution in [0.4, 0.5) is 0 Å². The van der Waals surface area contributed by atoms with Gasteiger partial charge in [-0.05, 0) is 12.3 Å². The van der Waals surface area contributed by atoms with Gasteiger partial charge in [0.05, 0.1) is 6.04 Å². The maximum Gasteiger partial charge on any atom is 0.222 e. The van der Waals surface area contributed by atoms with Crippen LogP contribution in [0.2, 0.25) is 0 Å². The van der Waals surface area contributed by atoms with E-state index in [0.29, 0.717) is 19.6 Å². The van der Waals surface area contributed by atoms with Gasteiger partial charge in [-0.15, -0.1) is 0 Å². The van der Waals surface area contributed by atoms with Crippen molar-refractivity contribution in [3.63, 3.8) is 0 Å². The summed E-state index contributed by atoms with van der Waals surface area (Å²) in [6, 6.07) is -0.743. The summed E-state index contributed by atoms with van der Waals surface area (Å²) in [4.78, 5) is 24.7. The minimum absolute atomic E-state index is 0.0106. The molecular weight excluding hydrogens is 318 g/mol. The molecule has 7 nitrogen and oxygen atoms in total. The summed E-state index contributed by atoms with van der Waals surface area (Å²) in [6.07, 6.45) is 1.70. The third kappa shape index (κ3) is 8.76. The molecule has 1 amide bonds. The van der Waals surface area contributed by atoms with Crippen LogP contribution in [-0.2, 0) is 9.59 Å². The van der Waals surface area contributed by atoms with E-state index in [4.69, 9.17) is 11.5 Å². The molecule has 0 heterocycles. The summed E-state index contributed by atoms with van der Waals surface area (Å²) in [5.41, 5.74) is 10.9. The molecule has 7 N–H and O–H groups in total. The number of nitrogens with one attached hydrogen (secondary N) is 3. The highest BCUT2D eigenvalue weighted by atomic mass is 16.2. The lowest BCUT2D eigenvalue weighted by atomic mass is 9.69. The highest BCUT2D eigenvalue weighted by molar-refractivity contribution is 5.93. The second-order valence-electron chi connectivity index (χ2n) is 6.89. The first-order valence-electron chi connectivity index (χ1n) is 9.51. The fourth-order valence-electron chi connectivity index (χ4n) is 2.82. The van der Waals surface area contributed by atoms with Crippen molar-refractivity contribution < 1.29 is 9.59 Å². The number of amides is 1. The summed E-state index contributed by atoms with van der Waals surface area (Å²) in [5.74, 6) is 0.0614. The second-order valence-corrected chi connectivity index (χ2v) is 6.89. The number of hydrogen-bond donors (Lipinski definition) is 5. The van der Waals surface area contributed by atoms with E-state index in [1.165, 1.54) is 0 Å². The Morgan fingerprint density at radius 2 is 1.60 bits per heavy atom. The van der Waals surface area contributed by atoms with Crippen LogP contribution in [0, 0.1) is 11.3 Å². The fraction of sp³-hybridized carbons (Fsp3) is 0.889. The molecular formula is C18H39N5O2. The molecule has 0 aliphatic rings. The molecule has 0 fully saturated rings. The van der Waals surface area contributed by atoms with Crippen molar-refractivity contribution in [1.82, 2.24) is 16.0 Å². The number of carbonyl (C=O) groups is 2. The normalized spacial score (nSPS) is 16.1. The lowest BCUT2D eigenvalue weighted by Crippen LogP contribution is -2.47. The van der Waals surface area contributed by atoms with Crippen LogP contribution in [0.15, 0.2) is 0 Å². The monoisotopic (exact) mass is 357 g/mol. The van der Waals surface area contributed by atoms with Gasteiger partial charge >= 0.3 is 0 Å². The van der Waals surface area contributed by atoms with Crippen molar-refractivity contribution in [2.24, 2.45) is 22.8 Å². The molecule has 148 valence electrons. The summed E-state index contributed by atoms with van der Waals surface area (Å²) in [6.45, 7) is 12.4. The Hall–Kier alpha value is -1.02. The van der Waals surface area contributed by atoms with Crippen LogP contribution in [-0.4, -0.2) is 57.0 Å². The van der Waals surface area contributed by atoms with Crippen molar-refractivity contribution in [2.45, 2.75) is 53.0 Å². The van der Waals surface area contributed by atoms with Crippen LogP contribution in [0.3, 0.4) is 0 Å². The summed E-state index contributed by atoms with van der Waals surface area (Å²) < 4.78 is 0.